The minimum atomic E-state index is 0.560. The Hall–Kier alpha value is -0.120. The van der Waals surface area contributed by atoms with Crippen molar-refractivity contribution >= 4 is 0 Å². The Labute approximate surface area is 68.7 Å². The molecule has 0 aromatic carbocycles. The van der Waals surface area contributed by atoms with Gasteiger partial charge in [-0.05, 0) is 20.0 Å². The molecule has 1 aliphatic rings. The molecule has 0 saturated carbocycles. The summed E-state index contributed by atoms with van der Waals surface area (Å²) in [6, 6.07) is 0.560. The third-order valence-corrected chi connectivity index (χ3v) is 2.15. The van der Waals surface area contributed by atoms with Gasteiger partial charge in [-0.25, -0.2) is 0 Å². The summed E-state index contributed by atoms with van der Waals surface area (Å²) in [5, 5.41) is 3.45. The van der Waals surface area contributed by atoms with Crippen LogP contribution in [0.5, 0.6) is 0 Å². The van der Waals surface area contributed by atoms with Gasteiger partial charge in [-0.1, -0.05) is 0 Å². The van der Waals surface area contributed by atoms with Crippen molar-refractivity contribution < 1.29 is 4.74 Å². The average molecular weight is 158 g/mol. The largest absolute Gasteiger partial charge is 0.383 e. The molecule has 1 saturated heterocycles. The van der Waals surface area contributed by atoms with Crippen LogP contribution in [0.1, 0.15) is 6.42 Å². The van der Waals surface area contributed by atoms with Gasteiger partial charge >= 0.3 is 0 Å². The Morgan fingerprint density at radius 1 is 1.55 bits per heavy atom. The molecule has 1 heterocycles. The van der Waals surface area contributed by atoms with E-state index >= 15 is 0 Å². The molecule has 0 aromatic heterocycles. The van der Waals surface area contributed by atoms with Crippen LogP contribution in [0, 0.1) is 0 Å². The van der Waals surface area contributed by atoms with Crippen molar-refractivity contribution in [3.8, 4) is 0 Å². The van der Waals surface area contributed by atoms with Gasteiger partial charge in [0.05, 0.1) is 6.61 Å². The van der Waals surface area contributed by atoms with Crippen LogP contribution in [0.4, 0.5) is 0 Å². The zero-order valence-electron chi connectivity index (χ0n) is 7.47. The third-order valence-electron chi connectivity index (χ3n) is 2.15. The van der Waals surface area contributed by atoms with Gasteiger partial charge in [-0.3, -0.25) is 0 Å². The van der Waals surface area contributed by atoms with Gasteiger partial charge in [0, 0.05) is 26.2 Å². The van der Waals surface area contributed by atoms with Gasteiger partial charge in [0.2, 0.25) is 0 Å². The standard InChI is InChI=1S/C8H18N2O/c1-10-5-3-8(7-11-2)9-4-6-10/h8-9H,3-7H2,1-2H3. The van der Waals surface area contributed by atoms with E-state index in [1.165, 1.54) is 13.0 Å². The summed E-state index contributed by atoms with van der Waals surface area (Å²) in [5.41, 5.74) is 0. The lowest BCUT2D eigenvalue weighted by Crippen LogP contribution is -2.33. The first-order valence-corrected chi connectivity index (χ1v) is 4.24. The highest BCUT2D eigenvalue weighted by atomic mass is 16.5. The second-order valence-electron chi connectivity index (χ2n) is 3.20. The van der Waals surface area contributed by atoms with Gasteiger partial charge < -0.3 is 15.0 Å². The summed E-state index contributed by atoms with van der Waals surface area (Å²) in [4.78, 5) is 2.35. The van der Waals surface area contributed by atoms with E-state index in [0.717, 1.165) is 19.7 Å². The van der Waals surface area contributed by atoms with Gasteiger partial charge in [-0.2, -0.15) is 0 Å². The fourth-order valence-electron chi connectivity index (χ4n) is 1.39. The van der Waals surface area contributed by atoms with E-state index in [1.54, 1.807) is 7.11 Å². The minimum Gasteiger partial charge on any atom is -0.383 e. The third kappa shape index (κ3) is 3.18. The highest BCUT2D eigenvalue weighted by Crippen LogP contribution is 1.99. The Morgan fingerprint density at radius 2 is 2.36 bits per heavy atom. The Bertz CT molecular complexity index is 108. The zero-order valence-corrected chi connectivity index (χ0v) is 7.47. The monoisotopic (exact) mass is 158 g/mol. The molecule has 1 unspecified atom stereocenters. The summed E-state index contributed by atoms with van der Waals surface area (Å²) in [7, 11) is 3.92. The molecule has 3 nitrogen and oxygen atoms in total. The summed E-state index contributed by atoms with van der Waals surface area (Å²) < 4.78 is 5.09. The predicted molar refractivity (Wildman–Crippen MR) is 45.8 cm³/mol. The van der Waals surface area contributed by atoms with Crippen LogP contribution in [-0.4, -0.2) is 51.3 Å². The van der Waals surface area contributed by atoms with E-state index in [-0.39, 0.29) is 0 Å². The lowest BCUT2D eigenvalue weighted by Gasteiger charge is -2.13. The van der Waals surface area contributed by atoms with E-state index in [4.69, 9.17) is 4.74 Å². The molecule has 3 heteroatoms. The maximum Gasteiger partial charge on any atom is 0.0616 e. The Morgan fingerprint density at radius 3 is 3.09 bits per heavy atom. The second-order valence-corrected chi connectivity index (χ2v) is 3.20. The number of hydrogen-bond acceptors (Lipinski definition) is 3. The molecule has 0 aliphatic carbocycles. The van der Waals surface area contributed by atoms with Crippen molar-refractivity contribution in [3.63, 3.8) is 0 Å². The van der Waals surface area contributed by atoms with Crippen molar-refractivity contribution in [1.82, 2.24) is 10.2 Å². The lowest BCUT2D eigenvalue weighted by molar-refractivity contribution is 0.165. The van der Waals surface area contributed by atoms with Crippen molar-refractivity contribution in [2.75, 3.05) is 40.4 Å². The number of nitrogens with zero attached hydrogens (tertiary/aromatic N) is 1. The molecular weight excluding hydrogens is 140 g/mol. The van der Waals surface area contributed by atoms with Gasteiger partial charge in [0.1, 0.15) is 0 Å². The first kappa shape index (κ1) is 8.97. The quantitative estimate of drug-likeness (QED) is 0.608. The molecule has 1 aliphatic heterocycles. The molecule has 1 N–H and O–H groups in total. The topological polar surface area (TPSA) is 24.5 Å². The van der Waals surface area contributed by atoms with Crippen LogP contribution in [0.15, 0.2) is 0 Å². The smallest absolute Gasteiger partial charge is 0.0616 e. The molecule has 0 bridgehead atoms. The van der Waals surface area contributed by atoms with Crippen LogP contribution in [-0.2, 0) is 4.74 Å². The maximum atomic E-state index is 5.09. The summed E-state index contributed by atoms with van der Waals surface area (Å²) in [6.45, 7) is 4.26. The summed E-state index contributed by atoms with van der Waals surface area (Å²) in [5.74, 6) is 0. The first-order valence-electron chi connectivity index (χ1n) is 4.24. The van der Waals surface area contributed by atoms with Crippen LogP contribution in [0.3, 0.4) is 0 Å². The van der Waals surface area contributed by atoms with E-state index in [9.17, 15) is 0 Å². The summed E-state index contributed by atoms with van der Waals surface area (Å²) >= 11 is 0. The molecular formula is C8H18N2O. The van der Waals surface area contributed by atoms with Crippen LogP contribution < -0.4 is 5.32 Å². The fourth-order valence-corrected chi connectivity index (χ4v) is 1.39. The summed E-state index contributed by atoms with van der Waals surface area (Å²) in [6.07, 6.45) is 1.20. The van der Waals surface area contributed by atoms with Gasteiger partial charge in [0.25, 0.3) is 0 Å². The normalized spacial score (nSPS) is 28.4. The van der Waals surface area contributed by atoms with Crippen LogP contribution in [0.25, 0.3) is 0 Å². The molecule has 1 atom stereocenters. The van der Waals surface area contributed by atoms with E-state index in [1.807, 2.05) is 0 Å². The van der Waals surface area contributed by atoms with Crippen molar-refractivity contribution in [1.29, 1.82) is 0 Å². The number of methoxy groups -OCH3 is 1. The molecule has 0 spiro atoms. The molecule has 1 fully saturated rings. The molecule has 66 valence electrons. The molecule has 1 rings (SSSR count). The first-order chi connectivity index (χ1) is 5.33. The minimum absolute atomic E-state index is 0.560. The van der Waals surface area contributed by atoms with E-state index < -0.39 is 0 Å². The zero-order chi connectivity index (χ0) is 8.10. The molecule has 0 aromatic rings. The molecule has 0 radical (unpaired) electrons. The Balaban J connectivity index is 2.22. The molecule has 0 amide bonds. The number of hydrogen-bond donors (Lipinski definition) is 1. The van der Waals surface area contributed by atoms with Gasteiger partial charge in [-0.15, -0.1) is 0 Å². The highest BCUT2D eigenvalue weighted by molar-refractivity contribution is 4.72. The predicted octanol–water partition coefficient (Wildman–Crippen LogP) is -0.0735. The Kier molecular flexibility index (Phi) is 3.83. The highest BCUT2D eigenvalue weighted by Gasteiger charge is 2.12. The fraction of sp³-hybridized carbons (Fsp3) is 1.00. The second kappa shape index (κ2) is 4.70. The van der Waals surface area contributed by atoms with Gasteiger partial charge in [0.15, 0.2) is 0 Å². The SMILES string of the molecule is COCC1CCN(C)CCN1. The van der Waals surface area contributed by atoms with Crippen molar-refractivity contribution in [2.24, 2.45) is 0 Å². The van der Waals surface area contributed by atoms with Crippen molar-refractivity contribution in [2.45, 2.75) is 12.5 Å². The molecule has 11 heavy (non-hydrogen) atoms. The van der Waals surface area contributed by atoms with E-state index in [0.29, 0.717) is 6.04 Å². The van der Waals surface area contributed by atoms with Crippen LogP contribution >= 0.6 is 0 Å². The lowest BCUT2D eigenvalue weighted by atomic mass is 10.2. The number of rotatable bonds is 2. The average Bonchev–Trinajstić information content (AvgIpc) is 2.17. The van der Waals surface area contributed by atoms with Crippen LogP contribution in [0.2, 0.25) is 0 Å². The number of likely N-dealkylation sites (N-methyl/N-ethyl adjacent to an activating group) is 1. The van der Waals surface area contributed by atoms with Crippen molar-refractivity contribution in [3.05, 3.63) is 0 Å². The maximum absolute atomic E-state index is 5.09. The number of nitrogens with one attached hydrogen (secondary N) is 1. The van der Waals surface area contributed by atoms with E-state index in [2.05, 4.69) is 17.3 Å². The number of ether oxygens (including phenoxy) is 1.